The van der Waals surface area contributed by atoms with Gasteiger partial charge in [0.1, 0.15) is 0 Å². The van der Waals surface area contributed by atoms with Gasteiger partial charge < -0.3 is 24.3 Å². The lowest BCUT2D eigenvalue weighted by Crippen LogP contribution is -2.37. The smallest absolute Gasteiger partial charge is 0.340 e. The minimum atomic E-state index is -0.384. The van der Waals surface area contributed by atoms with E-state index < -0.39 is 0 Å². The first kappa shape index (κ1) is 21.0. The molecule has 1 aliphatic rings. The van der Waals surface area contributed by atoms with Crippen LogP contribution in [0.1, 0.15) is 10.4 Å². The Morgan fingerprint density at radius 3 is 2.76 bits per heavy atom. The topological polar surface area (TPSA) is 81.5 Å². The van der Waals surface area contributed by atoms with Gasteiger partial charge in [-0.3, -0.25) is 0 Å². The van der Waals surface area contributed by atoms with Crippen molar-refractivity contribution >= 4 is 34.2 Å². The molecule has 1 N–H and O–H groups in total. The summed E-state index contributed by atoms with van der Waals surface area (Å²) < 4.78 is 12.6. The number of anilines is 3. The standard InChI is InChI=1S/C25H25N5O3/c1-29-16-20(18-5-3-4-6-22(18)29)21-9-10-26-25(28-21)27-17-7-8-23(19(15-17)24(31)32-2)30-11-13-33-14-12-30/h3-10,15-16H,11-14H2,1-2H3,(H,26,27,28). The molecule has 0 unspecified atom stereocenters. The fraction of sp³-hybridized carbons (Fsp3) is 0.240. The molecule has 0 bridgehead atoms. The summed E-state index contributed by atoms with van der Waals surface area (Å²) in [7, 11) is 3.42. The van der Waals surface area contributed by atoms with Crippen molar-refractivity contribution < 1.29 is 14.3 Å². The van der Waals surface area contributed by atoms with Crippen molar-refractivity contribution in [2.24, 2.45) is 7.05 Å². The van der Waals surface area contributed by atoms with Crippen molar-refractivity contribution in [2.75, 3.05) is 43.6 Å². The van der Waals surface area contributed by atoms with Crippen molar-refractivity contribution in [2.45, 2.75) is 0 Å². The number of ether oxygens (including phenoxy) is 2. The van der Waals surface area contributed by atoms with E-state index in [1.54, 1.807) is 12.3 Å². The monoisotopic (exact) mass is 443 g/mol. The molecule has 0 amide bonds. The third-order valence-electron chi connectivity index (χ3n) is 5.84. The van der Waals surface area contributed by atoms with E-state index >= 15 is 0 Å². The molecule has 0 aliphatic carbocycles. The van der Waals surface area contributed by atoms with E-state index in [1.807, 2.05) is 37.4 Å². The number of morpholine rings is 1. The molecule has 2 aromatic heterocycles. The van der Waals surface area contributed by atoms with Gasteiger partial charge in [-0.15, -0.1) is 0 Å². The maximum Gasteiger partial charge on any atom is 0.340 e. The number of nitrogens with one attached hydrogen (secondary N) is 1. The number of rotatable bonds is 5. The summed E-state index contributed by atoms with van der Waals surface area (Å²) >= 11 is 0. The molecule has 8 heteroatoms. The summed E-state index contributed by atoms with van der Waals surface area (Å²) in [5, 5.41) is 4.37. The van der Waals surface area contributed by atoms with Gasteiger partial charge in [0.25, 0.3) is 0 Å². The van der Waals surface area contributed by atoms with E-state index in [0.29, 0.717) is 30.4 Å². The molecular weight excluding hydrogens is 418 g/mol. The zero-order chi connectivity index (χ0) is 22.8. The molecule has 3 heterocycles. The van der Waals surface area contributed by atoms with Crippen LogP contribution in [-0.2, 0) is 16.5 Å². The highest BCUT2D eigenvalue weighted by atomic mass is 16.5. The van der Waals surface area contributed by atoms with Crippen LogP contribution in [0, 0.1) is 0 Å². The highest BCUT2D eigenvalue weighted by Crippen LogP contribution is 2.30. The summed E-state index contributed by atoms with van der Waals surface area (Å²) in [6.07, 6.45) is 3.80. The van der Waals surface area contributed by atoms with Gasteiger partial charge in [0.05, 0.1) is 37.3 Å². The molecule has 1 aliphatic heterocycles. The largest absolute Gasteiger partial charge is 0.465 e. The zero-order valence-electron chi connectivity index (χ0n) is 18.6. The number of carbonyl (C=O) groups excluding carboxylic acids is 1. The first-order valence-corrected chi connectivity index (χ1v) is 10.8. The molecule has 33 heavy (non-hydrogen) atoms. The molecule has 0 atom stereocenters. The van der Waals surface area contributed by atoms with Gasteiger partial charge in [-0.2, -0.15) is 0 Å². The van der Waals surface area contributed by atoms with Gasteiger partial charge in [0.15, 0.2) is 0 Å². The van der Waals surface area contributed by atoms with Crippen LogP contribution >= 0.6 is 0 Å². The predicted octanol–water partition coefficient (Wildman–Crippen LogP) is 4.00. The molecule has 0 saturated carbocycles. The van der Waals surface area contributed by atoms with Crippen LogP contribution in [0.15, 0.2) is 60.9 Å². The normalized spacial score (nSPS) is 13.8. The summed E-state index contributed by atoms with van der Waals surface area (Å²) in [6.45, 7) is 2.73. The van der Waals surface area contributed by atoms with Gasteiger partial charge in [-0.25, -0.2) is 14.8 Å². The Bertz CT molecular complexity index is 1310. The first-order valence-electron chi connectivity index (χ1n) is 10.8. The Morgan fingerprint density at radius 1 is 1.12 bits per heavy atom. The summed E-state index contributed by atoms with van der Waals surface area (Å²) in [5.41, 5.74) is 5.04. The number of aryl methyl sites for hydroxylation is 1. The SMILES string of the molecule is COC(=O)c1cc(Nc2nccc(-c3cn(C)c4ccccc34)n2)ccc1N1CCOCC1. The van der Waals surface area contributed by atoms with Crippen LogP contribution in [0.3, 0.4) is 0 Å². The van der Waals surface area contributed by atoms with E-state index in [0.717, 1.165) is 40.9 Å². The second-order valence-corrected chi connectivity index (χ2v) is 7.88. The summed E-state index contributed by atoms with van der Waals surface area (Å²) in [5.74, 6) is 0.0703. The molecule has 1 saturated heterocycles. The van der Waals surface area contributed by atoms with E-state index in [-0.39, 0.29) is 5.97 Å². The minimum absolute atomic E-state index is 0.384. The number of hydrogen-bond acceptors (Lipinski definition) is 7. The van der Waals surface area contributed by atoms with Crippen molar-refractivity contribution in [1.29, 1.82) is 0 Å². The second kappa shape index (κ2) is 8.91. The highest BCUT2D eigenvalue weighted by Gasteiger charge is 2.20. The molecule has 168 valence electrons. The van der Waals surface area contributed by atoms with Gasteiger partial charge in [0.2, 0.25) is 5.95 Å². The molecule has 1 fully saturated rings. The Morgan fingerprint density at radius 2 is 1.94 bits per heavy atom. The zero-order valence-corrected chi connectivity index (χ0v) is 18.6. The first-order chi connectivity index (χ1) is 16.1. The average Bonchev–Trinajstić information content (AvgIpc) is 3.21. The van der Waals surface area contributed by atoms with Crippen molar-refractivity contribution in [3.05, 3.63) is 66.5 Å². The van der Waals surface area contributed by atoms with E-state index in [4.69, 9.17) is 14.5 Å². The number of aromatic nitrogens is 3. The van der Waals surface area contributed by atoms with Gasteiger partial charge in [0, 0.05) is 54.7 Å². The fourth-order valence-corrected chi connectivity index (χ4v) is 4.21. The third-order valence-corrected chi connectivity index (χ3v) is 5.84. The average molecular weight is 444 g/mol. The Hall–Kier alpha value is -3.91. The third kappa shape index (κ3) is 4.12. The van der Waals surface area contributed by atoms with Crippen LogP contribution in [0.4, 0.5) is 17.3 Å². The van der Waals surface area contributed by atoms with E-state index in [1.165, 1.54) is 7.11 Å². The second-order valence-electron chi connectivity index (χ2n) is 7.88. The number of hydrogen-bond donors (Lipinski definition) is 1. The van der Waals surface area contributed by atoms with Crippen LogP contribution in [-0.4, -0.2) is 53.9 Å². The lowest BCUT2D eigenvalue weighted by Gasteiger charge is -2.30. The lowest BCUT2D eigenvalue weighted by molar-refractivity contribution is 0.0600. The van der Waals surface area contributed by atoms with Crippen LogP contribution < -0.4 is 10.2 Å². The Labute approximate surface area is 191 Å². The molecule has 2 aromatic carbocycles. The quantitative estimate of drug-likeness (QED) is 0.467. The molecule has 4 aromatic rings. The van der Waals surface area contributed by atoms with Crippen LogP contribution in [0.25, 0.3) is 22.2 Å². The Balaban J connectivity index is 1.46. The van der Waals surface area contributed by atoms with E-state index in [9.17, 15) is 4.79 Å². The molecule has 5 rings (SSSR count). The number of para-hydroxylation sites is 1. The highest BCUT2D eigenvalue weighted by molar-refractivity contribution is 5.97. The lowest BCUT2D eigenvalue weighted by atomic mass is 10.1. The molecule has 0 spiro atoms. The summed E-state index contributed by atoms with van der Waals surface area (Å²) in [4.78, 5) is 23.8. The van der Waals surface area contributed by atoms with Crippen molar-refractivity contribution in [1.82, 2.24) is 14.5 Å². The van der Waals surface area contributed by atoms with E-state index in [2.05, 4.69) is 38.1 Å². The Kier molecular flexibility index (Phi) is 5.66. The number of methoxy groups -OCH3 is 1. The summed E-state index contributed by atoms with van der Waals surface area (Å²) in [6, 6.07) is 15.8. The number of nitrogens with zero attached hydrogens (tertiary/aromatic N) is 4. The number of benzene rings is 2. The molecule has 0 radical (unpaired) electrons. The number of carbonyl (C=O) groups is 1. The molecular formula is C25H25N5O3. The van der Waals surface area contributed by atoms with Gasteiger partial charge in [-0.1, -0.05) is 18.2 Å². The number of fused-ring (bicyclic) bond motifs is 1. The fourth-order valence-electron chi connectivity index (χ4n) is 4.21. The maximum atomic E-state index is 12.5. The number of esters is 1. The van der Waals surface area contributed by atoms with Crippen LogP contribution in [0.2, 0.25) is 0 Å². The van der Waals surface area contributed by atoms with Crippen molar-refractivity contribution in [3.63, 3.8) is 0 Å². The predicted molar refractivity (Wildman–Crippen MR) is 128 cm³/mol. The van der Waals surface area contributed by atoms with Gasteiger partial charge >= 0.3 is 5.97 Å². The van der Waals surface area contributed by atoms with Gasteiger partial charge in [-0.05, 0) is 30.3 Å². The van der Waals surface area contributed by atoms with Crippen LogP contribution in [0.5, 0.6) is 0 Å². The molecule has 8 nitrogen and oxygen atoms in total. The maximum absolute atomic E-state index is 12.5. The van der Waals surface area contributed by atoms with Crippen molar-refractivity contribution in [3.8, 4) is 11.3 Å². The minimum Gasteiger partial charge on any atom is -0.465 e.